The molecule has 2 heterocycles. The maximum absolute atomic E-state index is 13.2. The summed E-state index contributed by atoms with van der Waals surface area (Å²) < 4.78 is 18.0. The lowest BCUT2D eigenvalue weighted by atomic mass is 10.1. The Hall–Kier alpha value is -4.07. The Morgan fingerprint density at radius 2 is 1.76 bits per heavy atom. The van der Waals surface area contributed by atoms with Crippen LogP contribution in [0.25, 0.3) is 11.0 Å². The topological polar surface area (TPSA) is 78.7 Å². The highest BCUT2D eigenvalue weighted by Gasteiger charge is 2.22. The van der Waals surface area contributed by atoms with Gasteiger partial charge in [0, 0.05) is 35.8 Å². The molecule has 4 aromatic rings. The van der Waals surface area contributed by atoms with E-state index in [1.165, 1.54) is 0 Å². The van der Waals surface area contributed by atoms with Gasteiger partial charge in [-0.1, -0.05) is 18.2 Å². The summed E-state index contributed by atoms with van der Waals surface area (Å²) in [5.74, 6) is 2.05. The predicted molar refractivity (Wildman–Crippen MR) is 130 cm³/mol. The number of rotatable bonds is 8. The highest BCUT2D eigenvalue weighted by atomic mass is 16.5. The molecule has 8 heteroatoms. The van der Waals surface area contributed by atoms with Crippen molar-refractivity contribution in [2.45, 2.75) is 19.5 Å². The zero-order valence-electron chi connectivity index (χ0n) is 20.0. The van der Waals surface area contributed by atoms with Crippen molar-refractivity contribution in [2.24, 2.45) is 0 Å². The minimum Gasteiger partial charge on any atom is -0.497 e. The number of carbonyl (C=O) groups is 1. The van der Waals surface area contributed by atoms with Crippen LogP contribution >= 0.6 is 0 Å². The number of amides is 1. The summed E-state index contributed by atoms with van der Waals surface area (Å²) in [6.45, 7) is 2.45. The van der Waals surface area contributed by atoms with Crippen LogP contribution in [0.2, 0.25) is 0 Å². The van der Waals surface area contributed by atoms with Crippen LogP contribution in [0, 0.1) is 0 Å². The number of nitrogens with zero attached hydrogens (tertiary/aromatic N) is 4. The molecule has 1 amide bonds. The van der Waals surface area contributed by atoms with E-state index < -0.39 is 0 Å². The SMILES string of the molecule is COc1ccc(Cn2ncc3cc(C(=O)N(C)C(C)c4ccccc4OC)cnc32)c(OC)c1. The van der Waals surface area contributed by atoms with Gasteiger partial charge in [-0.25, -0.2) is 9.67 Å². The second-order valence-corrected chi connectivity index (χ2v) is 7.95. The van der Waals surface area contributed by atoms with E-state index in [0.717, 1.165) is 28.0 Å². The van der Waals surface area contributed by atoms with Crippen LogP contribution in [0.4, 0.5) is 0 Å². The van der Waals surface area contributed by atoms with E-state index >= 15 is 0 Å². The summed E-state index contributed by atoms with van der Waals surface area (Å²) in [7, 11) is 6.65. The van der Waals surface area contributed by atoms with Gasteiger partial charge < -0.3 is 19.1 Å². The number of fused-ring (bicyclic) bond motifs is 1. The van der Waals surface area contributed by atoms with Crippen LogP contribution in [0.5, 0.6) is 17.2 Å². The Morgan fingerprint density at radius 3 is 2.50 bits per heavy atom. The molecular formula is C26H28N4O4. The first kappa shape index (κ1) is 23.1. The fourth-order valence-electron chi connectivity index (χ4n) is 3.95. The van der Waals surface area contributed by atoms with Crippen molar-refractivity contribution in [3.05, 3.63) is 77.6 Å². The Morgan fingerprint density at radius 1 is 1.00 bits per heavy atom. The van der Waals surface area contributed by atoms with Crippen molar-refractivity contribution in [2.75, 3.05) is 28.4 Å². The van der Waals surface area contributed by atoms with Crippen LogP contribution in [0.3, 0.4) is 0 Å². The number of carbonyl (C=O) groups excluding carboxylic acids is 1. The molecule has 2 aromatic heterocycles. The smallest absolute Gasteiger partial charge is 0.255 e. The average molecular weight is 461 g/mol. The van der Waals surface area contributed by atoms with Crippen LogP contribution in [-0.2, 0) is 6.54 Å². The van der Waals surface area contributed by atoms with Crippen LogP contribution in [0.1, 0.15) is 34.5 Å². The minimum atomic E-state index is -0.176. The van der Waals surface area contributed by atoms with E-state index in [9.17, 15) is 4.79 Å². The van der Waals surface area contributed by atoms with Crippen molar-refractivity contribution < 1.29 is 19.0 Å². The molecule has 0 aliphatic rings. The van der Waals surface area contributed by atoms with E-state index in [1.54, 1.807) is 50.4 Å². The lowest BCUT2D eigenvalue weighted by molar-refractivity contribution is 0.0741. The molecule has 0 spiro atoms. The molecule has 4 rings (SSSR count). The molecule has 0 fully saturated rings. The van der Waals surface area contributed by atoms with Crippen LogP contribution < -0.4 is 14.2 Å². The normalized spacial score (nSPS) is 11.8. The van der Waals surface area contributed by atoms with Crippen LogP contribution in [-0.4, -0.2) is 53.9 Å². The fraction of sp³-hybridized carbons (Fsp3) is 0.269. The molecule has 1 atom stereocenters. The van der Waals surface area contributed by atoms with Crippen molar-refractivity contribution in [3.63, 3.8) is 0 Å². The van der Waals surface area contributed by atoms with Crippen LogP contribution in [0.15, 0.2) is 60.9 Å². The Bertz CT molecular complexity index is 1320. The number of ether oxygens (including phenoxy) is 3. The third-order valence-corrected chi connectivity index (χ3v) is 6.03. The molecule has 0 bridgehead atoms. The van der Waals surface area contributed by atoms with Crippen molar-refractivity contribution in [3.8, 4) is 17.2 Å². The van der Waals surface area contributed by atoms with E-state index in [0.29, 0.717) is 23.5 Å². The Balaban J connectivity index is 1.58. The summed E-state index contributed by atoms with van der Waals surface area (Å²) in [4.78, 5) is 19.5. The molecular weight excluding hydrogens is 432 g/mol. The molecule has 34 heavy (non-hydrogen) atoms. The first-order chi connectivity index (χ1) is 16.5. The number of hydrogen-bond donors (Lipinski definition) is 0. The van der Waals surface area contributed by atoms with E-state index in [4.69, 9.17) is 14.2 Å². The third-order valence-electron chi connectivity index (χ3n) is 6.03. The maximum atomic E-state index is 13.2. The van der Waals surface area contributed by atoms with Gasteiger partial charge in [-0.05, 0) is 31.2 Å². The highest BCUT2D eigenvalue weighted by Crippen LogP contribution is 2.30. The average Bonchev–Trinajstić information content (AvgIpc) is 3.29. The lowest BCUT2D eigenvalue weighted by Crippen LogP contribution is -2.30. The molecule has 0 saturated carbocycles. The number of hydrogen-bond acceptors (Lipinski definition) is 6. The zero-order chi connectivity index (χ0) is 24.2. The van der Waals surface area contributed by atoms with Gasteiger partial charge in [0.1, 0.15) is 17.2 Å². The van der Waals surface area contributed by atoms with Gasteiger partial charge in [-0.15, -0.1) is 0 Å². The molecule has 0 N–H and O–H groups in total. The monoisotopic (exact) mass is 460 g/mol. The van der Waals surface area contributed by atoms with E-state index in [2.05, 4.69) is 10.1 Å². The zero-order valence-corrected chi connectivity index (χ0v) is 20.0. The Kier molecular flexibility index (Phi) is 6.67. The molecule has 8 nitrogen and oxygen atoms in total. The molecule has 1 unspecified atom stereocenters. The minimum absolute atomic E-state index is 0.127. The quantitative estimate of drug-likeness (QED) is 0.389. The first-order valence-corrected chi connectivity index (χ1v) is 10.9. The van der Waals surface area contributed by atoms with Gasteiger partial charge in [0.15, 0.2) is 5.65 Å². The van der Waals surface area contributed by atoms with Gasteiger partial charge in [-0.3, -0.25) is 4.79 Å². The third kappa shape index (κ3) is 4.39. The van der Waals surface area contributed by atoms with Crippen molar-refractivity contribution >= 4 is 16.9 Å². The standard InChI is InChI=1S/C26H28N4O4/c1-17(22-8-6-7-9-23(22)33-4)29(2)26(31)20-12-19-15-28-30(25(19)27-14-20)16-18-10-11-21(32-3)13-24(18)34-5/h6-15,17H,16H2,1-5H3. The number of para-hydroxylation sites is 1. The van der Waals surface area contributed by atoms with Gasteiger partial charge in [-0.2, -0.15) is 5.10 Å². The van der Waals surface area contributed by atoms with E-state index in [-0.39, 0.29) is 11.9 Å². The fourth-order valence-corrected chi connectivity index (χ4v) is 3.95. The van der Waals surface area contributed by atoms with E-state index in [1.807, 2.05) is 55.5 Å². The number of pyridine rings is 1. The number of aromatic nitrogens is 3. The summed E-state index contributed by atoms with van der Waals surface area (Å²) in [6.07, 6.45) is 3.32. The highest BCUT2D eigenvalue weighted by molar-refractivity contribution is 5.97. The van der Waals surface area contributed by atoms with Gasteiger partial charge >= 0.3 is 0 Å². The van der Waals surface area contributed by atoms with Gasteiger partial charge in [0.05, 0.1) is 45.7 Å². The molecule has 0 saturated heterocycles. The second-order valence-electron chi connectivity index (χ2n) is 7.95. The summed E-state index contributed by atoms with van der Waals surface area (Å²) in [5, 5.41) is 5.27. The Labute approximate surface area is 198 Å². The predicted octanol–water partition coefficient (Wildman–Crippen LogP) is 4.34. The number of methoxy groups -OCH3 is 3. The largest absolute Gasteiger partial charge is 0.497 e. The number of benzene rings is 2. The maximum Gasteiger partial charge on any atom is 0.255 e. The lowest BCUT2D eigenvalue weighted by Gasteiger charge is -2.26. The molecule has 0 radical (unpaired) electrons. The molecule has 2 aromatic carbocycles. The second kappa shape index (κ2) is 9.82. The summed E-state index contributed by atoms with van der Waals surface area (Å²) in [5.41, 5.74) is 3.07. The summed E-state index contributed by atoms with van der Waals surface area (Å²) in [6, 6.07) is 15.0. The molecule has 0 aliphatic carbocycles. The van der Waals surface area contributed by atoms with Gasteiger partial charge in [0.25, 0.3) is 5.91 Å². The molecule has 0 aliphatic heterocycles. The molecule has 176 valence electrons. The first-order valence-electron chi connectivity index (χ1n) is 10.9. The van der Waals surface area contributed by atoms with Gasteiger partial charge in [0.2, 0.25) is 0 Å². The van der Waals surface area contributed by atoms with Crippen molar-refractivity contribution in [1.29, 1.82) is 0 Å². The summed E-state index contributed by atoms with van der Waals surface area (Å²) >= 11 is 0. The van der Waals surface area contributed by atoms with Crippen molar-refractivity contribution in [1.82, 2.24) is 19.7 Å².